The van der Waals surface area contributed by atoms with Gasteiger partial charge in [-0.25, -0.2) is 9.36 Å². The Morgan fingerprint density at radius 1 is 1.47 bits per heavy atom. The van der Waals surface area contributed by atoms with Crippen molar-refractivity contribution in [2.24, 2.45) is 5.18 Å². The SMILES string of the molecule is O=N[C@@]1(n2ccc(=O)[nH]c2=O)O[C@H](CO)[C@@H](O)[C@H]1O. The second kappa shape index (κ2) is 4.66. The Morgan fingerprint density at radius 2 is 2.16 bits per heavy atom. The van der Waals surface area contributed by atoms with Crippen molar-refractivity contribution >= 4 is 0 Å². The molecule has 1 aromatic heterocycles. The van der Waals surface area contributed by atoms with Crippen LogP contribution in [0.3, 0.4) is 0 Å². The molecule has 10 nitrogen and oxygen atoms in total. The number of H-pyrrole nitrogens is 1. The Labute approximate surface area is 104 Å². The molecule has 0 aliphatic carbocycles. The Morgan fingerprint density at radius 3 is 2.63 bits per heavy atom. The summed E-state index contributed by atoms with van der Waals surface area (Å²) in [7, 11) is 0. The van der Waals surface area contributed by atoms with Crippen molar-refractivity contribution in [1.29, 1.82) is 0 Å². The lowest BCUT2D eigenvalue weighted by atomic mass is 10.1. The van der Waals surface area contributed by atoms with Gasteiger partial charge in [0.25, 0.3) is 5.56 Å². The first-order chi connectivity index (χ1) is 8.96. The van der Waals surface area contributed by atoms with E-state index in [0.717, 1.165) is 12.3 Å². The van der Waals surface area contributed by atoms with Gasteiger partial charge in [-0.15, -0.1) is 4.91 Å². The van der Waals surface area contributed by atoms with Gasteiger partial charge in [0.2, 0.25) is 0 Å². The molecule has 0 radical (unpaired) electrons. The van der Waals surface area contributed by atoms with E-state index in [-0.39, 0.29) is 0 Å². The van der Waals surface area contributed by atoms with Crippen molar-refractivity contribution in [3.8, 4) is 0 Å². The Bertz CT molecular complexity index is 596. The van der Waals surface area contributed by atoms with Gasteiger partial charge in [0.1, 0.15) is 12.2 Å². The van der Waals surface area contributed by atoms with Gasteiger partial charge in [-0.2, -0.15) is 0 Å². The number of aliphatic hydroxyl groups is 3. The van der Waals surface area contributed by atoms with Crippen LogP contribution in [0.5, 0.6) is 0 Å². The minimum atomic E-state index is -2.44. The lowest BCUT2D eigenvalue weighted by Crippen LogP contribution is -2.50. The smallest absolute Gasteiger partial charge is 0.332 e. The summed E-state index contributed by atoms with van der Waals surface area (Å²) in [4.78, 5) is 35.4. The van der Waals surface area contributed by atoms with Crippen molar-refractivity contribution in [3.63, 3.8) is 0 Å². The predicted molar refractivity (Wildman–Crippen MR) is 59.1 cm³/mol. The van der Waals surface area contributed by atoms with Gasteiger partial charge < -0.3 is 20.1 Å². The highest BCUT2D eigenvalue weighted by Gasteiger charge is 2.58. The van der Waals surface area contributed by atoms with Gasteiger partial charge >= 0.3 is 11.5 Å². The molecule has 1 aromatic rings. The molecule has 2 heterocycles. The van der Waals surface area contributed by atoms with Crippen molar-refractivity contribution in [2.45, 2.75) is 24.2 Å². The molecule has 0 amide bonds. The third-order valence-electron chi connectivity index (χ3n) is 2.89. The normalized spacial score (nSPS) is 34.4. The fourth-order valence-corrected chi connectivity index (χ4v) is 1.92. The number of hydrogen-bond acceptors (Lipinski definition) is 8. The van der Waals surface area contributed by atoms with E-state index < -0.39 is 42.0 Å². The highest BCUT2D eigenvalue weighted by atomic mass is 16.6. The number of aliphatic hydroxyl groups excluding tert-OH is 3. The molecule has 0 unspecified atom stereocenters. The first-order valence-electron chi connectivity index (χ1n) is 5.28. The molecular weight excluding hydrogens is 262 g/mol. The maximum Gasteiger partial charge on any atom is 0.332 e. The molecule has 4 N–H and O–H groups in total. The maximum atomic E-state index is 11.6. The summed E-state index contributed by atoms with van der Waals surface area (Å²) in [5.41, 5.74) is -1.76. The van der Waals surface area contributed by atoms with E-state index >= 15 is 0 Å². The zero-order valence-electron chi connectivity index (χ0n) is 9.46. The number of rotatable bonds is 3. The molecule has 104 valence electrons. The Hall–Kier alpha value is -1.88. The first-order valence-corrected chi connectivity index (χ1v) is 5.28. The predicted octanol–water partition coefficient (Wildman–Crippen LogP) is -2.97. The minimum absolute atomic E-state index is 0.547. The summed E-state index contributed by atoms with van der Waals surface area (Å²) in [5, 5.41) is 30.9. The van der Waals surface area contributed by atoms with Crippen LogP contribution in [0.2, 0.25) is 0 Å². The average molecular weight is 273 g/mol. The van der Waals surface area contributed by atoms with Gasteiger partial charge in [0, 0.05) is 12.3 Å². The summed E-state index contributed by atoms with van der Waals surface area (Å²) in [6.07, 6.45) is -3.86. The van der Waals surface area contributed by atoms with Crippen molar-refractivity contribution in [1.82, 2.24) is 9.55 Å². The summed E-state index contributed by atoms with van der Waals surface area (Å²) in [6, 6.07) is 0.920. The first kappa shape index (κ1) is 13.5. The standard InChI is InChI=1S/C9H11N3O7/c13-3-4-6(15)7(16)9(11-18,19-4)12-2-1-5(14)10-8(12)17/h1-2,4,6-7,13,15-16H,3H2,(H,10,14,17)/t4-,6-,7-,9+/m1/s1. The molecule has 0 saturated carbocycles. The average Bonchev–Trinajstić information content (AvgIpc) is 2.64. The highest BCUT2D eigenvalue weighted by Crippen LogP contribution is 2.35. The van der Waals surface area contributed by atoms with Crippen LogP contribution in [0.25, 0.3) is 0 Å². The van der Waals surface area contributed by atoms with E-state index in [1.54, 1.807) is 0 Å². The van der Waals surface area contributed by atoms with E-state index in [2.05, 4.69) is 5.18 Å². The van der Waals surface area contributed by atoms with Gasteiger partial charge in [-0.3, -0.25) is 9.78 Å². The minimum Gasteiger partial charge on any atom is -0.394 e. The van der Waals surface area contributed by atoms with E-state index in [1.165, 1.54) is 0 Å². The van der Waals surface area contributed by atoms with Crippen LogP contribution in [0.4, 0.5) is 0 Å². The number of hydrogen-bond donors (Lipinski definition) is 4. The van der Waals surface area contributed by atoms with Gasteiger partial charge in [0.05, 0.1) is 6.61 Å². The molecule has 1 fully saturated rings. The molecule has 10 heteroatoms. The zero-order valence-corrected chi connectivity index (χ0v) is 9.46. The fraction of sp³-hybridized carbons (Fsp3) is 0.556. The summed E-state index contributed by atoms with van der Waals surface area (Å²) in [6.45, 7) is -0.687. The number of nitrogens with one attached hydrogen (secondary N) is 1. The fourth-order valence-electron chi connectivity index (χ4n) is 1.92. The lowest BCUT2D eigenvalue weighted by molar-refractivity contribution is -0.145. The zero-order chi connectivity index (χ0) is 14.2. The van der Waals surface area contributed by atoms with E-state index in [1.807, 2.05) is 4.98 Å². The van der Waals surface area contributed by atoms with E-state index in [0.29, 0.717) is 4.57 Å². The third-order valence-corrected chi connectivity index (χ3v) is 2.89. The van der Waals surface area contributed by atoms with Crippen LogP contribution in [-0.2, 0) is 10.6 Å². The van der Waals surface area contributed by atoms with Crippen LogP contribution in [0, 0.1) is 4.91 Å². The van der Waals surface area contributed by atoms with Crippen molar-refractivity contribution < 1.29 is 20.1 Å². The molecule has 0 aromatic carbocycles. The van der Waals surface area contributed by atoms with Crippen LogP contribution < -0.4 is 11.2 Å². The quantitative estimate of drug-likeness (QED) is 0.428. The molecule has 1 saturated heterocycles. The third kappa shape index (κ3) is 1.90. The Balaban J connectivity index is 2.58. The van der Waals surface area contributed by atoms with E-state index in [9.17, 15) is 24.7 Å². The monoisotopic (exact) mass is 273 g/mol. The number of nitrogens with zero attached hydrogens (tertiary/aromatic N) is 2. The van der Waals surface area contributed by atoms with Crippen LogP contribution in [-0.4, -0.2) is 49.8 Å². The van der Waals surface area contributed by atoms with Crippen LogP contribution in [0.1, 0.15) is 0 Å². The molecule has 2 rings (SSSR count). The molecule has 1 aliphatic heterocycles. The number of nitroso groups, excluding NO2 is 1. The van der Waals surface area contributed by atoms with E-state index in [4.69, 9.17) is 9.84 Å². The maximum absolute atomic E-state index is 11.6. The molecule has 4 atom stereocenters. The molecule has 1 aliphatic rings. The largest absolute Gasteiger partial charge is 0.394 e. The van der Waals surface area contributed by atoms with Gasteiger partial charge in [-0.05, 0) is 5.18 Å². The molecule has 19 heavy (non-hydrogen) atoms. The lowest BCUT2D eigenvalue weighted by Gasteiger charge is -2.25. The molecular formula is C9H11N3O7. The summed E-state index contributed by atoms with van der Waals surface area (Å²) < 4.78 is 5.54. The van der Waals surface area contributed by atoms with Crippen LogP contribution in [0.15, 0.2) is 27.0 Å². The number of ether oxygens (including phenoxy) is 1. The second-order valence-corrected chi connectivity index (χ2v) is 4.00. The van der Waals surface area contributed by atoms with Gasteiger partial charge in [0.15, 0.2) is 6.10 Å². The molecule has 0 bridgehead atoms. The number of aromatic amines is 1. The summed E-state index contributed by atoms with van der Waals surface area (Å²) >= 11 is 0. The highest BCUT2D eigenvalue weighted by molar-refractivity contribution is 5.00. The van der Waals surface area contributed by atoms with Crippen molar-refractivity contribution in [2.75, 3.05) is 6.61 Å². The van der Waals surface area contributed by atoms with Crippen molar-refractivity contribution in [3.05, 3.63) is 38.0 Å². The molecule has 0 spiro atoms. The van der Waals surface area contributed by atoms with Crippen LogP contribution >= 0.6 is 0 Å². The second-order valence-electron chi connectivity index (χ2n) is 4.00. The van der Waals surface area contributed by atoms with Gasteiger partial charge in [-0.1, -0.05) is 0 Å². The summed E-state index contributed by atoms with van der Waals surface area (Å²) in [5.74, 6) is -2.44. The Kier molecular flexibility index (Phi) is 3.32. The topological polar surface area (TPSA) is 154 Å². The number of aromatic nitrogens is 2.